The molecule has 1 atom stereocenters. The molecule has 25 heavy (non-hydrogen) atoms. The molecule has 2 aromatic rings. The molecule has 0 spiro atoms. The maximum atomic E-state index is 14.4. The van der Waals surface area contributed by atoms with Crippen molar-refractivity contribution in [2.75, 3.05) is 20.1 Å². The maximum absolute atomic E-state index is 14.4. The summed E-state index contributed by atoms with van der Waals surface area (Å²) in [6.07, 6.45) is 1.81. The summed E-state index contributed by atoms with van der Waals surface area (Å²) in [7, 11) is 1.78. The van der Waals surface area contributed by atoms with Gasteiger partial charge < -0.3 is 10.2 Å². The van der Waals surface area contributed by atoms with Gasteiger partial charge in [0.15, 0.2) is 0 Å². The van der Waals surface area contributed by atoms with E-state index in [2.05, 4.69) is 5.32 Å². The lowest BCUT2D eigenvalue weighted by Gasteiger charge is -2.20. The maximum Gasteiger partial charge on any atom is 0.222 e. The van der Waals surface area contributed by atoms with Gasteiger partial charge in [0.05, 0.1) is 0 Å². The highest BCUT2D eigenvalue weighted by atomic mass is 19.1. The summed E-state index contributed by atoms with van der Waals surface area (Å²) in [5, 5.41) is 3.34. The number of rotatable bonds is 2. The van der Waals surface area contributed by atoms with Crippen molar-refractivity contribution in [1.82, 2.24) is 10.2 Å². The molecule has 1 aliphatic rings. The third kappa shape index (κ3) is 4.04. The molecular formula is C20H24F2N2O. The van der Waals surface area contributed by atoms with Crippen LogP contribution in [0.5, 0.6) is 0 Å². The average Bonchev–Trinajstić information content (AvgIpc) is 2.68. The van der Waals surface area contributed by atoms with Crippen molar-refractivity contribution in [2.45, 2.75) is 25.3 Å². The van der Waals surface area contributed by atoms with Gasteiger partial charge in [-0.3, -0.25) is 4.79 Å². The molecule has 0 radical (unpaired) electrons. The second kappa shape index (κ2) is 7.74. The Morgan fingerprint density at radius 3 is 2.76 bits per heavy atom. The van der Waals surface area contributed by atoms with Crippen LogP contribution < -0.4 is 5.32 Å². The molecule has 0 aromatic heterocycles. The van der Waals surface area contributed by atoms with E-state index >= 15 is 0 Å². The fourth-order valence-corrected chi connectivity index (χ4v) is 3.22. The number of nitrogens with one attached hydrogen (secondary N) is 1. The van der Waals surface area contributed by atoms with Crippen LogP contribution in [-0.4, -0.2) is 30.9 Å². The minimum atomic E-state index is -0.324. The van der Waals surface area contributed by atoms with Crippen LogP contribution in [0.15, 0.2) is 42.5 Å². The Labute approximate surface area is 148 Å². The number of carbonyl (C=O) groups excluding carboxylic acids is 1. The quantitative estimate of drug-likeness (QED) is 0.886. The Bertz CT molecular complexity index is 769. The van der Waals surface area contributed by atoms with Crippen LogP contribution in [-0.2, 0) is 4.79 Å². The van der Waals surface area contributed by atoms with Crippen molar-refractivity contribution < 1.29 is 15.0 Å². The van der Waals surface area contributed by atoms with E-state index in [1.54, 1.807) is 42.3 Å². The van der Waals surface area contributed by atoms with Gasteiger partial charge in [-0.05, 0) is 36.6 Å². The lowest BCUT2D eigenvalue weighted by atomic mass is 9.95. The number of halogens is 2. The molecule has 1 heterocycles. The summed E-state index contributed by atoms with van der Waals surface area (Å²) >= 11 is 0. The Balaban J connectivity index is 0.00000243. The first-order chi connectivity index (χ1) is 12.1. The molecule has 134 valence electrons. The minimum absolute atomic E-state index is 0. The molecule has 1 N–H and O–H groups in total. The zero-order valence-electron chi connectivity index (χ0n) is 14.3. The Hall–Kier alpha value is -2.27. The van der Waals surface area contributed by atoms with Gasteiger partial charge in [0, 0.05) is 45.2 Å². The van der Waals surface area contributed by atoms with Crippen LogP contribution in [0.4, 0.5) is 8.78 Å². The number of nitrogens with zero attached hydrogens (tertiary/aromatic N) is 1. The summed E-state index contributed by atoms with van der Waals surface area (Å²) < 4.78 is 28.5. The Morgan fingerprint density at radius 1 is 1.16 bits per heavy atom. The van der Waals surface area contributed by atoms with E-state index in [0.29, 0.717) is 49.0 Å². The van der Waals surface area contributed by atoms with E-state index in [9.17, 15) is 13.6 Å². The second-order valence-corrected chi connectivity index (χ2v) is 6.43. The van der Waals surface area contributed by atoms with Crippen LogP contribution in [0, 0.1) is 11.6 Å². The van der Waals surface area contributed by atoms with Gasteiger partial charge in [-0.25, -0.2) is 8.78 Å². The number of hydrogen-bond acceptors (Lipinski definition) is 2. The van der Waals surface area contributed by atoms with Gasteiger partial charge >= 0.3 is 0 Å². The molecule has 3 nitrogen and oxygen atoms in total. The molecule has 1 aliphatic heterocycles. The summed E-state index contributed by atoms with van der Waals surface area (Å²) in [4.78, 5) is 13.6. The first-order valence-corrected chi connectivity index (χ1v) is 8.58. The lowest BCUT2D eigenvalue weighted by molar-refractivity contribution is -0.129. The topological polar surface area (TPSA) is 32.3 Å². The van der Waals surface area contributed by atoms with E-state index in [-0.39, 0.29) is 25.0 Å². The monoisotopic (exact) mass is 346 g/mol. The van der Waals surface area contributed by atoms with Gasteiger partial charge in [-0.1, -0.05) is 24.3 Å². The van der Waals surface area contributed by atoms with E-state index in [4.69, 9.17) is 0 Å². The SMILES string of the molecule is CN1CCN[C@@H](c2cc(-c3ccccc3F)ccc2F)CCCC1=O.[HH]. The highest BCUT2D eigenvalue weighted by Crippen LogP contribution is 2.29. The Kier molecular flexibility index (Phi) is 5.43. The van der Waals surface area contributed by atoms with E-state index in [1.807, 2.05) is 0 Å². The molecule has 2 aromatic carbocycles. The number of benzene rings is 2. The third-order valence-electron chi connectivity index (χ3n) is 4.70. The highest BCUT2D eigenvalue weighted by molar-refractivity contribution is 5.75. The molecule has 0 aliphatic carbocycles. The predicted octanol–water partition coefficient (Wildman–Crippen LogP) is 4.15. The predicted molar refractivity (Wildman–Crippen MR) is 96.1 cm³/mol. The number of amides is 1. The van der Waals surface area contributed by atoms with Crippen molar-refractivity contribution in [1.29, 1.82) is 0 Å². The molecule has 0 unspecified atom stereocenters. The van der Waals surface area contributed by atoms with Crippen LogP contribution >= 0.6 is 0 Å². The standard InChI is InChI=1S/C20H22F2N2O.H2/c1-24-12-11-23-19(7-4-8-20(24)25)16-13-14(9-10-18(16)22)15-5-2-3-6-17(15)21;/h2-3,5-6,9-10,13,19,23H,4,7-8,11-12H2,1H3;1H/t19-;/m1./s1. The van der Waals surface area contributed by atoms with Crippen LogP contribution in [0.3, 0.4) is 0 Å². The fraction of sp³-hybridized carbons (Fsp3) is 0.350. The van der Waals surface area contributed by atoms with Gasteiger partial charge in [-0.2, -0.15) is 0 Å². The third-order valence-corrected chi connectivity index (χ3v) is 4.70. The van der Waals surface area contributed by atoms with Gasteiger partial charge in [-0.15, -0.1) is 0 Å². The average molecular weight is 346 g/mol. The van der Waals surface area contributed by atoms with Crippen molar-refractivity contribution >= 4 is 5.91 Å². The van der Waals surface area contributed by atoms with E-state index < -0.39 is 0 Å². The summed E-state index contributed by atoms with van der Waals surface area (Å²) in [6.45, 7) is 1.18. The molecule has 5 heteroatoms. The van der Waals surface area contributed by atoms with Crippen molar-refractivity contribution in [3.8, 4) is 11.1 Å². The van der Waals surface area contributed by atoms with Crippen LogP contribution in [0.2, 0.25) is 0 Å². The highest BCUT2D eigenvalue weighted by Gasteiger charge is 2.20. The number of carbonyl (C=O) groups is 1. The van der Waals surface area contributed by atoms with E-state index in [1.165, 1.54) is 12.1 Å². The summed E-state index contributed by atoms with van der Waals surface area (Å²) in [5.74, 6) is -0.519. The molecule has 1 fully saturated rings. The normalized spacial score (nSPS) is 19.2. The van der Waals surface area contributed by atoms with Crippen molar-refractivity contribution in [3.63, 3.8) is 0 Å². The first kappa shape index (κ1) is 17.5. The zero-order valence-corrected chi connectivity index (χ0v) is 14.3. The number of hydrogen-bond donors (Lipinski definition) is 1. The summed E-state index contributed by atoms with van der Waals surface area (Å²) in [6, 6.07) is 11.0. The van der Waals surface area contributed by atoms with Crippen LogP contribution in [0.1, 0.15) is 32.3 Å². The number of likely N-dealkylation sites (N-methyl/N-ethyl adjacent to an activating group) is 1. The smallest absolute Gasteiger partial charge is 0.222 e. The molecule has 0 saturated carbocycles. The summed E-state index contributed by atoms with van der Waals surface area (Å²) in [5.41, 5.74) is 1.64. The van der Waals surface area contributed by atoms with Crippen molar-refractivity contribution in [2.24, 2.45) is 0 Å². The Morgan fingerprint density at radius 2 is 1.96 bits per heavy atom. The molecule has 3 rings (SSSR count). The van der Waals surface area contributed by atoms with Gasteiger partial charge in [0.2, 0.25) is 5.91 Å². The van der Waals surface area contributed by atoms with Crippen LogP contribution in [0.25, 0.3) is 11.1 Å². The fourth-order valence-electron chi connectivity index (χ4n) is 3.22. The van der Waals surface area contributed by atoms with E-state index in [0.717, 1.165) is 0 Å². The van der Waals surface area contributed by atoms with Gasteiger partial charge in [0.1, 0.15) is 11.6 Å². The molecule has 1 saturated heterocycles. The van der Waals surface area contributed by atoms with Crippen molar-refractivity contribution in [3.05, 3.63) is 59.7 Å². The molecular weight excluding hydrogens is 322 g/mol. The first-order valence-electron chi connectivity index (χ1n) is 8.58. The zero-order chi connectivity index (χ0) is 17.8. The molecule has 1 amide bonds. The largest absolute Gasteiger partial charge is 0.344 e. The van der Waals surface area contributed by atoms with Gasteiger partial charge in [0.25, 0.3) is 0 Å². The lowest BCUT2D eigenvalue weighted by Crippen LogP contribution is -2.33. The second-order valence-electron chi connectivity index (χ2n) is 6.43. The molecule has 0 bridgehead atoms. The minimum Gasteiger partial charge on any atom is -0.344 e.